The van der Waals surface area contributed by atoms with Crippen LogP contribution >= 0.6 is 11.6 Å². The smallest absolute Gasteiger partial charge is 0.0368 e. The lowest BCUT2D eigenvalue weighted by Gasteiger charge is -2.48. The second kappa shape index (κ2) is 6.04. The van der Waals surface area contributed by atoms with E-state index in [0.717, 1.165) is 16.9 Å². The fourth-order valence-electron chi connectivity index (χ4n) is 4.92. The SMILES string of the molecule is ClC1=CC(C2CCCCC2)(C2CCCCC2)CC=C1. The Balaban J connectivity index is 1.87. The van der Waals surface area contributed by atoms with Crippen molar-refractivity contribution >= 4 is 11.6 Å². The van der Waals surface area contributed by atoms with Crippen molar-refractivity contribution in [1.82, 2.24) is 0 Å². The van der Waals surface area contributed by atoms with Crippen LogP contribution in [0.3, 0.4) is 0 Å². The number of rotatable bonds is 2. The van der Waals surface area contributed by atoms with Gasteiger partial charge in [0.05, 0.1) is 0 Å². The molecular formula is C18H27Cl. The van der Waals surface area contributed by atoms with Gasteiger partial charge in [0.15, 0.2) is 0 Å². The third kappa shape index (κ3) is 2.79. The zero-order valence-electron chi connectivity index (χ0n) is 12.0. The molecule has 0 aromatic rings. The molecule has 3 aliphatic rings. The second-order valence-corrected chi connectivity index (χ2v) is 7.35. The summed E-state index contributed by atoms with van der Waals surface area (Å²) in [6.07, 6.45) is 22.6. The molecule has 3 rings (SSSR count). The van der Waals surface area contributed by atoms with Gasteiger partial charge in [0.25, 0.3) is 0 Å². The minimum absolute atomic E-state index is 0.409. The van der Waals surface area contributed by atoms with Crippen molar-refractivity contribution in [1.29, 1.82) is 0 Å². The predicted molar refractivity (Wildman–Crippen MR) is 83.3 cm³/mol. The van der Waals surface area contributed by atoms with E-state index in [0.29, 0.717) is 5.41 Å². The van der Waals surface area contributed by atoms with E-state index in [1.165, 1.54) is 70.6 Å². The van der Waals surface area contributed by atoms with Crippen molar-refractivity contribution in [2.75, 3.05) is 0 Å². The molecule has 0 bridgehead atoms. The van der Waals surface area contributed by atoms with Crippen molar-refractivity contribution < 1.29 is 0 Å². The van der Waals surface area contributed by atoms with Crippen molar-refractivity contribution in [3.63, 3.8) is 0 Å². The molecule has 0 aromatic carbocycles. The molecule has 0 N–H and O–H groups in total. The summed E-state index contributed by atoms with van der Waals surface area (Å²) in [5, 5.41) is 1.00. The highest BCUT2D eigenvalue weighted by Crippen LogP contribution is 2.54. The Labute approximate surface area is 123 Å². The van der Waals surface area contributed by atoms with Gasteiger partial charge in [0, 0.05) is 5.03 Å². The molecule has 1 heteroatoms. The van der Waals surface area contributed by atoms with Gasteiger partial charge >= 0.3 is 0 Å². The highest BCUT2D eigenvalue weighted by Gasteiger charge is 2.44. The Morgan fingerprint density at radius 1 is 0.842 bits per heavy atom. The molecule has 106 valence electrons. The van der Waals surface area contributed by atoms with Crippen LogP contribution in [0.25, 0.3) is 0 Å². The molecule has 0 atom stereocenters. The second-order valence-electron chi connectivity index (χ2n) is 6.92. The number of hydrogen-bond donors (Lipinski definition) is 0. The number of allylic oxidation sites excluding steroid dienone is 4. The van der Waals surface area contributed by atoms with Gasteiger partial charge in [-0.2, -0.15) is 0 Å². The third-order valence-corrected chi connectivity index (χ3v) is 6.12. The van der Waals surface area contributed by atoms with Gasteiger partial charge in [0.2, 0.25) is 0 Å². The normalized spacial score (nSPS) is 29.2. The first-order valence-electron chi connectivity index (χ1n) is 8.36. The largest absolute Gasteiger partial charge is 0.0847 e. The molecule has 0 aromatic heterocycles. The Kier molecular flexibility index (Phi) is 4.37. The lowest BCUT2D eigenvalue weighted by Crippen LogP contribution is -2.39. The molecule has 0 amide bonds. The van der Waals surface area contributed by atoms with E-state index in [2.05, 4.69) is 18.2 Å². The van der Waals surface area contributed by atoms with Crippen LogP contribution in [-0.4, -0.2) is 0 Å². The van der Waals surface area contributed by atoms with Crippen molar-refractivity contribution in [3.8, 4) is 0 Å². The van der Waals surface area contributed by atoms with Gasteiger partial charge in [-0.1, -0.05) is 62.3 Å². The van der Waals surface area contributed by atoms with E-state index in [-0.39, 0.29) is 0 Å². The van der Waals surface area contributed by atoms with Gasteiger partial charge in [-0.3, -0.25) is 0 Å². The van der Waals surface area contributed by atoms with Gasteiger partial charge in [-0.25, -0.2) is 0 Å². The van der Waals surface area contributed by atoms with Crippen LogP contribution in [0.15, 0.2) is 23.3 Å². The molecule has 19 heavy (non-hydrogen) atoms. The minimum atomic E-state index is 0.409. The van der Waals surface area contributed by atoms with Crippen molar-refractivity contribution in [2.45, 2.75) is 70.6 Å². The molecule has 0 spiro atoms. The van der Waals surface area contributed by atoms with Gasteiger partial charge < -0.3 is 0 Å². The molecule has 2 saturated carbocycles. The summed E-state index contributed by atoms with van der Waals surface area (Å²) in [6, 6.07) is 0. The summed E-state index contributed by atoms with van der Waals surface area (Å²) in [6.45, 7) is 0. The highest BCUT2D eigenvalue weighted by molar-refractivity contribution is 6.31. The van der Waals surface area contributed by atoms with Crippen LogP contribution in [0.5, 0.6) is 0 Å². The van der Waals surface area contributed by atoms with E-state index in [1.807, 2.05) is 0 Å². The lowest BCUT2D eigenvalue weighted by atomic mass is 9.56. The predicted octanol–water partition coefficient (Wildman–Crippen LogP) is 6.22. The molecule has 0 heterocycles. The van der Waals surface area contributed by atoms with E-state index < -0.39 is 0 Å². The summed E-state index contributed by atoms with van der Waals surface area (Å²) in [5.41, 5.74) is 0.409. The summed E-state index contributed by atoms with van der Waals surface area (Å²) in [4.78, 5) is 0. The average Bonchev–Trinajstić information content (AvgIpc) is 2.49. The third-order valence-electron chi connectivity index (χ3n) is 5.89. The van der Waals surface area contributed by atoms with Gasteiger partial charge in [-0.15, -0.1) is 0 Å². The van der Waals surface area contributed by atoms with Crippen LogP contribution < -0.4 is 0 Å². The monoisotopic (exact) mass is 278 g/mol. The molecule has 0 radical (unpaired) electrons. The quantitative estimate of drug-likeness (QED) is 0.563. The zero-order chi connectivity index (χ0) is 13.1. The van der Waals surface area contributed by atoms with Crippen LogP contribution in [0, 0.1) is 17.3 Å². The molecule has 0 unspecified atom stereocenters. The Morgan fingerprint density at radius 3 is 1.84 bits per heavy atom. The first-order chi connectivity index (χ1) is 9.31. The fraction of sp³-hybridized carbons (Fsp3) is 0.778. The first-order valence-corrected chi connectivity index (χ1v) is 8.74. The first kappa shape index (κ1) is 13.7. The summed E-state index contributed by atoms with van der Waals surface area (Å²) >= 11 is 6.41. The fourth-order valence-corrected chi connectivity index (χ4v) is 5.21. The van der Waals surface area contributed by atoms with Gasteiger partial charge in [0.1, 0.15) is 0 Å². The Hall–Kier alpha value is -0.230. The maximum absolute atomic E-state index is 6.41. The lowest BCUT2D eigenvalue weighted by molar-refractivity contribution is 0.0702. The maximum atomic E-state index is 6.41. The zero-order valence-corrected chi connectivity index (χ0v) is 12.8. The van der Waals surface area contributed by atoms with E-state index in [1.54, 1.807) is 0 Å². The molecule has 2 fully saturated rings. The summed E-state index contributed by atoms with van der Waals surface area (Å²) in [7, 11) is 0. The van der Waals surface area contributed by atoms with Crippen molar-refractivity contribution in [2.24, 2.45) is 17.3 Å². The molecule has 3 aliphatic carbocycles. The minimum Gasteiger partial charge on any atom is -0.0847 e. The van der Waals surface area contributed by atoms with Gasteiger partial charge in [-0.05, 0) is 55.4 Å². The average molecular weight is 279 g/mol. The van der Waals surface area contributed by atoms with Crippen LogP contribution in [0.1, 0.15) is 70.6 Å². The molecule has 0 nitrogen and oxygen atoms in total. The van der Waals surface area contributed by atoms with Crippen molar-refractivity contribution in [3.05, 3.63) is 23.3 Å². The molecule has 0 aliphatic heterocycles. The molecule has 0 saturated heterocycles. The van der Waals surface area contributed by atoms with Crippen LogP contribution in [-0.2, 0) is 0 Å². The standard InChI is InChI=1S/C18H27Cl/c19-17-12-7-13-18(14-17,15-8-3-1-4-9-15)16-10-5-2-6-11-16/h7,12,14-16H,1-6,8-11,13H2. The topological polar surface area (TPSA) is 0 Å². The van der Waals surface area contributed by atoms with E-state index in [9.17, 15) is 0 Å². The number of hydrogen-bond acceptors (Lipinski definition) is 0. The Bertz CT molecular complexity index is 336. The summed E-state index contributed by atoms with van der Waals surface area (Å²) in [5.74, 6) is 1.78. The highest BCUT2D eigenvalue weighted by atomic mass is 35.5. The molecular weight excluding hydrogens is 252 g/mol. The maximum Gasteiger partial charge on any atom is 0.0368 e. The van der Waals surface area contributed by atoms with E-state index in [4.69, 9.17) is 11.6 Å². The van der Waals surface area contributed by atoms with E-state index >= 15 is 0 Å². The summed E-state index contributed by atoms with van der Waals surface area (Å²) < 4.78 is 0. The van der Waals surface area contributed by atoms with Crippen LogP contribution in [0.2, 0.25) is 0 Å². The van der Waals surface area contributed by atoms with Crippen LogP contribution in [0.4, 0.5) is 0 Å². The number of halogens is 1. The Morgan fingerprint density at radius 2 is 1.37 bits per heavy atom.